The Morgan fingerprint density at radius 2 is 1.86 bits per heavy atom. The lowest BCUT2D eigenvalue weighted by molar-refractivity contribution is -0.140. The van der Waals surface area contributed by atoms with Crippen LogP contribution in [0.3, 0.4) is 0 Å². The van der Waals surface area contributed by atoms with Crippen LogP contribution >= 0.6 is 0 Å². The second-order valence-corrected chi connectivity index (χ2v) is 4.57. The van der Waals surface area contributed by atoms with Gasteiger partial charge in [0, 0.05) is 6.04 Å². The Kier molecular flexibility index (Phi) is 5.28. The minimum Gasteiger partial charge on any atom is -0.352 e. The summed E-state index contributed by atoms with van der Waals surface area (Å²) in [4.78, 5) is 22.9. The van der Waals surface area contributed by atoms with Gasteiger partial charge in [0.05, 0.1) is 17.7 Å². The van der Waals surface area contributed by atoms with Crippen LogP contribution in [0.4, 0.5) is 17.6 Å². The molecule has 1 aromatic rings. The van der Waals surface area contributed by atoms with Crippen LogP contribution in [0, 0.1) is 5.82 Å². The SMILES string of the molecule is CC(C)NC(=O)CNC(=O)c1cccc(C(F)(F)F)c1F. The number of alkyl halides is 3. The van der Waals surface area contributed by atoms with E-state index in [1.807, 2.05) is 0 Å². The molecule has 21 heavy (non-hydrogen) atoms. The van der Waals surface area contributed by atoms with Crippen LogP contribution in [0.2, 0.25) is 0 Å². The third-order valence-electron chi connectivity index (χ3n) is 2.41. The fourth-order valence-corrected chi connectivity index (χ4v) is 1.56. The summed E-state index contributed by atoms with van der Waals surface area (Å²) < 4.78 is 51.2. The normalized spacial score (nSPS) is 11.4. The molecule has 0 fully saturated rings. The zero-order valence-corrected chi connectivity index (χ0v) is 11.3. The zero-order chi connectivity index (χ0) is 16.2. The van der Waals surface area contributed by atoms with E-state index in [9.17, 15) is 27.2 Å². The maximum absolute atomic E-state index is 13.7. The number of nitrogens with one attached hydrogen (secondary N) is 2. The number of halogens is 4. The molecule has 0 aromatic heterocycles. The Bertz CT molecular complexity index is 541. The lowest BCUT2D eigenvalue weighted by Gasteiger charge is -2.12. The molecule has 0 saturated heterocycles. The molecule has 0 aliphatic heterocycles. The number of benzene rings is 1. The summed E-state index contributed by atoms with van der Waals surface area (Å²) in [7, 11) is 0. The van der Waals surface area contributed by atoms with Crippen molar-refractivity contribution in [3.63, 3.8) is 0 Å². The molecule has 0 spiro atoms. The van der Waals surface area contributed by atoms with E-state index in [1.54, 1.807) is 13.8 Å². The molecule has 2 N–H and O–H groups in total. The smallest absolute Gasteiger partial charge is 0.352 e. The Balaban J connectivity index is 2.82. The van der Waals surface area contributed by atoms with Crippen LogP contribution in [0.5, 0.6) is 0 Å². The van der Waals surface area contributed by atoms with E-state index in [0.29, 0.717) is 6.07 Å². The predicted molar refractivity (Wildman–Crippen MR) is 67.0 cm³/mol. The van der Waals surface area contributed by atoms with Crippen LogP contribution in [-0.2, 0) is 11.0 Å². The number of carbonyl (C=O) groups excluding carboxylic acids is 2. The van der Waals surface area contributed by atoms with E-state index in [2.05, 4.69) is 10.6 Å². The Morgan fingerprint density at radius 1 is 1.24 bits per heavy atom. The first-order valence-corrected chi connectivity index (χ1v) is 6.06. The van der Waals surface area contributed by atoms with Gasteiger partial charge in [0.15, 0.2) is 0 Å². The van der Waals surface area contributed by atoms with Crippen molar-refractivity contribution in [2.45, 2.75) is 26.1 Å². The zero-order valence-electron chi connectivity index (χ0n) is 11.3. The Hall–Kier alpha value is -2.12. The van der Waals surface area contributed by atoms with E-state index >= 15 is 0 Å². The summed E-state index contributed by atoms with van der Waals surface area (Å²) in [5.41, 5.74) is -2.29. The van der Waals surface area contributed by atoms with Crippen molar-refractivity contribution in [3.05, 3.63) is 35.1 Å². The van der Waals surface area contributed by atoms with Gasteiger partial charge >= 0.3 is 6.18 Å². The lowest BCUT2D eigenvalue weighted by atomic mass is 10.1. The number of rotatable bonds is 4. The molecule has 0 atom stereocenters. The predicted octanol–water partition coefficient (Wildman–Crippen LogP) is 2.10. The average molecular weight is 306 g/mol. The molecule has 8 heteroatoms. The summed E-state index contributed by atoms with van der Waals surface area (Å²) in [6.45, 7) is 2.95. The van der Waals surface area contributed by atoms with Crippen molar-refractivity contribution in [2.24, 2.45) is 0 Å². The highest BCUT2D eigenvalue weighted by Crippen LogP contribution is 2.32. The summed E-state index contributed by atoms with van der Waals surface area (Å²) in [5, 5.41) is 4.54. The molecule has 116 valence electrons. The molecule has 4 nitrogen and oxygen atoms in total. The molecule has 1 rings (SSSR count). The van der Waals surface area contributed by atoms with Crippen LogP contribution in [-0.4, -0.2) is 24.4 Å². The van der Waals surface area contributed by atoms with E-state index in [-0.39, 0.29) is 6.04 Å². The van der Waals surface area contributed by atoms with Gasteiger partial charge < -0.3 is 10.6 Å². The van der Waals surface area contributed by atoms with Gasteiger partial charge in [0.25, 0.3) is 5.91 Å². The average Bonchev–Trinajstić information content (AvgIpc) is 2.34. The summed E-state index contributed by atoms with van der Waals surface area (Å²) in [6, 6.07) is 2.23. The van der Waals surface area contributed by atoms with Crippen LogP contribution in [0.15, 0.2) is 18.2 Å². The first-order chi connectivity index (χ1) is 9.62. The standard InChI is InChI=1S/C13H14F4N2O2/c1-7(2)19-10(20)6-18-12(21)8-4-3-5-9(11(8)14)13(15,16)17/h3-5,7H,6H2,1-2H3,(H,18,21)(H,19,20). The van der Waals surface area contributed by atoms with Crippen molar-refractivity contribution in [1.82, 2.24) is 10.6 Å². The summed E-state index contributed by atoms with van der Waals surface area (Å²) >= 11 is 0. The van der Waals surface area contributed by atoms with Crippen molar-refractivity contribution >= 4 is 11.8 Å². The van der Waals surface area contributed by atoms with Gasteiger partial charge in [0.2, 0.25) is 5.91 Å². The van der Waals surface area contributed by atoms with Crippen LogP contribution < -0.4 is 10.6 Å². The molecule has 0 bridgehead atoms. The summed E-state index contributed by atoms with van der Waals surface area (Å²) in [6.07, 6.45) is -4.89. The molecule has 0 heterocycles. The minimum atomic E-state index is -4.89. The fraction of sp³-hybridized carbons (Fsp3) is 0.385. The second-order valence-electron chi connectivity index (χ2n) is 4.57. The van der Waals surface area contributed by atoms with E-state index < -0.39 is 41.5 Å². The number of amides is 2. The van der Waals surface area contributed by atoms with E-state index in [4.69, 9.17) is 0 Å². The molecular formula is C13H14F4N2O2. The highest BCUT2D eigenvalue weighted by molar-refractivity contribution is 5.96. The molecule has 2 amide bonds. The van der Waals surface area contributed by atoms with Crippen molar-refractivity contribution in [2.75, 3.05) is 6.54 Å². The number of hydrogen-bond acceptors (Lipinski definition) is 2. The van der Waals surface area contributed by atoms with Crippen LogP contribution in [0.25, 0.3) is 0 Å². The largest absolute Gasteiger partial charge is 0.419 e. The Labute approximate surface area is 118 Å². The van der Waals surface area contributed by atoms with Crippen molar-refractivity contribution < 1.29 is 27.2 Å². The van der Waals surface area contributed by atoms with Crippen LogP contribution in [0.1, 0.15) is 29.8 Å². The lowest BCUT2D eigenvalue weighted by Crippen LogP contribution is -2.40. The molecule has 0 aliphatic carbocycles. The Morgan fingerprint density at radius 3 is 2.38 bits per heavy atom. The van der Waals surface area contributed by atoms with Crippen molar-refractivity contribution in [3.8, 4) is 0 Å². The number of hydrogen-bond donors (Lipinski definition) is 2. The monoisotopic (exact) mass is 306 g/mol. The maximum atomic E-state index is 13.7. The fourth-order valence-electron chi connectivity index (χ4n) is 1.56. The molecule has 0 unspecified atom stereocenters. The molecule has 0 saturated carbocycles. The molecule has 0 radical (unpaired) electrons. The van der Waals surface area contributed by atoms with Gasteiger partial charge in [-0.2, -0.15) is 13.2 Å². The van der Waals surface area contributed by atoms with Gasteiger partial charge in [0.1, 0.15) is 5.82 Å². The minimum absolute atomic E-state index is 0.153. The van der Waals surface area contributed by atoms with Gasteiger partial charge in [-0.25, -0.2) is 4.39 Å². The van der Waals surface area contributed by atoms with E-state index in [1.165, 1.54) is 0 Å². The second kappa shape index (κ2) is 6.55. The molecule has 1 aromatic carbocycles. The van der Waals surface area contributed by atoms with Crippen molar-refractivity contribution in [1.29, 1.82) is 0 Å². The maximum Gasteiger partial charge on any atom is 0.419 e. The van der Waals surface area contributed by atoms with Gasteiger partial charge in [-0.1, -0.05) is 6.07 Å². The third kappa shape index (κ3) is 4.73. The molecular weight excluding hydrogens is 292 g/mol. The highest BCUT2D eigenvalue weighted by atomic mass is 19.4. The number of carbonyl (C=O) groups is 2. The summed E-state index contributed by atoms with van der Waals surface area (Å²) in [5.74, 6) is -3.27. The quantitative estimate of drug-likeness (QED) is 0.837. The van der Waals surface area contributed by atoms with Gasteiger partial charge in [-0.3, -0.25) is 9.59 Å². The molecule has 0 aliphatic rings. The third-order valence-corrected chi connectivity index (χ3v) is 2.41. The first kappa shape index (κ1) is 16.9. The first-order valence-electron chi connectivity index (χ1n) is 6.06. The van der Waals surface area contributed by atoms with Gasteiger partial charge in [-0.15, -0.1) is 0 Å². The highest BCUT2D eigenvalue weighted by Gasteiger charge is 2.35. The van der Waals surface area contributed by atoms with E-state index in [0.717, 1.165) is 12.1 Å². The topological polar surface area (TPSA) is 58.2 Å². The van der Waals surface area contributed by atoms with Gasteiger partial charge in [-0.05, 0) is 26.0 Å².